The first kappa shape index (κ1) is 17.7. The molecule has 1 saturated heterocycles. The number of carbonyl (C=O) groups is 1. The Morgan fingerprint density at radius 3 is 2.78 bits per heavy atom. The molecule has 1 N–H and O–H groups in total. The van der Waals surface area contributed by atoms with Gasteiger partial charge in [0.05, 0.1) is 12.2 Å². The highest BCUT2D eigenvalue weighted by Crippen LogP contribution is 2.38. The van der Waals surface area contributed by atoms with E-state index >= 15 is 0 Å². The maximum Gasteiger partial charge on any atom is 0.334 e. The number of aliphatic hydroxyl groups is 1. The van der Waals surface area contributed by atoms with Gasteiger partial charge in [0, 0.05) is 17.4 Å². The van der Waals surface area contributed by atoms with Gasteiger partial charge in [-0.3, -0.25) is 0 Å². The van der Waals surface area contributed by atoms with Crippen molar-refractivity contribution >= 4 is 5.97 Å². The first-order valence-electron chi connectivity index (χ1n) is 8.40. The Balaban J connectivity index is 2.29. The molecule has 23 heavy (non-hydrogen) atoms. The minimum atomic E-state index is -0.892. The van der Waals surface area contributed by atoms with Crippen molar-refractivity contribution in [1.82, 2.24) is 0 Å². The lowest BCUT2D eigenvalue weighted by atomic mass is 9.76. The van der Waals surface area contributed by atoms with Crippen LogP contribution in [0.5, 0.6) is 0 Å². The number of allylic oxidation sites excluding steroid dienone is 4. The molecule has 0 aromatic heterocycles. The van der Waals surface area contributed by atoms with E-state index in [1.807, 2.05) is 0 Å². The third-order valence-electron chi connectivity index (χ3n) is 4.63. The van der Waals surface area contributed by atoms with Gasteiger partial charge in [-0.2, -0.15) is 0 Å². The Bertz CT molecular complexity index is 558. The zero-order valence-electron chi connectivity index (χ0n) is 14.5. The summed E-state index contributed by atoms with van der Waals surface area (Å²) in [6.07, 6.45) is 11.4. The van der Waals surface area contributed by atoms with E-state index < -0.39 is 5.60 Å². The summed E-state index contributed by atoms with van der Waals surface area (Å²) in [5.41, 5.74) is 2.36. The molecule has 0 spiro atoms. The van der Waals surface area contributed by atoms with E-state index in [0.29, 0.717) is 12.2 Å². The van der Waals surface area contributed by atoms with Crippen molar-refractivity contribution in [2.24, 2.45) is 11.8 Å². The van der Waals surface area contributed by atoms with Gasteiger partial charge in [0.2, 0.25) is 0 Å². The molecule has 2 atom stereocenters. The van der Waals surface area contributed by atoms with Crippen LogP contribution in [0.4, 0.5) is 0 Å². The second-order valence-electron chi connectivity index (χ2n) is 7.23. The van der Waals surface area contributed by atoms with Crippen molar-refractivity contribution in [2.45, 2.75) is 52.1 Å². The van der Waals surface area contributed by atoms with Crippen molar-refractivity contribution in [3.63, 3.8) is 0 Å². The zero-order valence-corrected chi connectivity index (χ0v) is 14.5. The van der Waals surface area contributed by atoms with Crippen molar-refractivity contribution < 1.29 is 14.6 Å². The molecular weight excluding hydrogens is 288 g/mol. The fraction of sp³-hybridized carbons (Fsp3) is 0.550. The fourth-order valence-electron chi connectivity index (χ4n) is 3.25. The van der Waals surface area contributed by atoms with Crippen LogP contribution >= 0.6 is 0 Å². The van der Waals surface area contributed by atoms with Crippen molar-refractivity contribution in [1.29, 1.82) is 0 Å². The van der Waals surface area contributed by atoms with Crippen molar-refractivity contribution in [3.05, 3.63) is 47.6 Å². The fourth-order valence-corrected chi connectivity index (χ4v) is 3.25. The Kier molecular flexibility index (Phi) is 5.64. The second-order valence-corrected chi connectivity index (χ2v) is 7.23. The highest BCUT2D eigenvalue weighted by molar-refractivity contribution is 5.90. The SMILES string of the molecule is C=C1CC/C=C(/C)CC[C@@H]2/C(=C/C=C/C(C)(C)O)C(=O)OC[C@@H]12. The van der Waals surface area contributed by atoms with Gasteiger partial charge in [-0.15, -0.1) is 0 Å². The van der Waals surface area contributed by atoms with Gasteiger partial charge < -0.3 is 9.84 Å². The molecule has 2 rings (SSSR count). The number of carbonyl (C=O) groups excluding carboxylic acids is 1. The van der Waals surface area contributed by atoms with Crippen LogP contribution in [-0.4, -0.2) is 23.3 Å². The summed E-state index contributed by atoms with van der Waals surface area (Å²) >= 11 is 0. The molecule has 0 bridgehead atoms. The second kappa shape index (κ2) is 7.31. The molecule has 3 nitrogen and oxygen atoms in total. The summed E-state index contributed by atoms with van der Waals surface area (Å²) in [6.45, 7) is 10.2. The van der Waals surface area contributed by atoms with Crippen LogP contribution in [0.2, 0.25) is 0 Å². The van der Waals surface area contributed by atoms with Gasteiger partial charge in [0.1, 0.15) is 0 Å². The van der Waals surface area contributed by atoms with Gasteiger partial charge in [-0.05, 0) is 46.5 Å². The molecule has 1 heterocycles. The van der Waals surface area contributed by atoms with E-state index in [-0.39, 0.29) is 17.8 Å². The topological polar surface area (TPSA) is 46.5 Å². The molecule has 1 fully saturated rings. The smallest absolute Gasteiger partial charge is 0.334 e. The molecule has 0 radical (unpaired) electrons. The Labute approximate surface area is 139 Å². The number of hydrogen-bond donors (Lipinski definition) is 1. The minimum Gasteiger partial charge on any atom is -0.462 e. The molecule has 1 aliphatic carbocycles. The predicted molar refractivity (Wildman–Crippen MR) is 92.8 cm³/mol. The highest BCUT2D eigenvalue weighted by atomic mass is 16.5. The molecule has 2 aliphatic rings. The van der Waals surface area contributed by atoms with E-state index in [1.165, 1.54) is 11.1 Å². The molecule has 3 heteroatoms. The molecule has 0 aromatic carbocycles. The Morgan fingerprint density at radius 2 is 2.09 bits per heavy atom. The summed E-state index contributed by atoms with van der Waals surface area (Å²) in [7, 11) is 0. The predicted octanol–water partition coefficient (Wildman–Crippen LogP) is 4.11. The third kappa shape index (κ3) is 4.93. The van der Waals surface area contributed by atoms with Gasteiger partial charge in [-0.25, -0.2) is 4.79 Å². The summed E-state index contributed by atoms with van der Waals surface area (Å²) in [5.74, 6) is 0.116. The van der Waals surface area contributed by atoms with Gasteiger partial charge in [0.15, 0.2) is 0 Å². The molecule has 0 unspecified atom stereocenters. The number of fused-ring (bicyclic) bond motifs is 1. The molecule has 1 aliphatic heterocycles. The third-order valence-corrected chi connectivity index (χ3v) is 4.63. The summed E-state index contributed by atoms with van der Waals surface area (Å²) in [6, 6.07) is 0. The Hall–Kier alpha value is -1.61. The van der Waals surface area contributed by atoms with E-state index in [1.54, 1.807) is 32.1 Å². The Morgan fingerprint density at radius 1 is 1.35 bits per heavy atom. The van der Waals surface area contributed by atoms with Crippen LogP contribution in [-0.2, 0) is 9.53 Å². The largest absolute Gasteiger partial charge is 0.462 e. The number of esters is 1. The van der Waals surface area contributed by atoms with Crippen LogP contribution in [0.25, 0.3) is 0 Å². The van der Waals surface area contributed by atoms with Crippen LogP contribution in [0.15, 0.2) is 47.6 Å². The normalized spacial score (nSPS) is 31.0. The van der Waals surface area contributed by atoms with Crippen LogP contribution in [0, 0.1) is 11.8 Å². The first-order chi connectivity index (χ1) is 10.8. The van der Waals surface area contributed by atoms with Crippen LogP contribution < -0.4 is 0 Å². The van der Waals surface area contributed by atoms with E-state index in [2.05, 4.69) is 19.6 Å². The summed E-state index contributed by atoms with van der Waals surface area (Å²) in [4.78, 5) is 12.2. The van der Waals surface area contributed by atoms with E-state index in [4.69, 9.17) is 4.74 Å². The molecule has 0 amide bonds. The average molecular weight is 316 g/mol. The highest BCUT2D eigenvalue weighted by Gasteiger charge is 2.36. The lowest BCUT2D eigenvalue weighted by Gasteiger charge is -2.34. The van der Waals surface area contributed by atoms with E-state index in [0.717, 1.165) is 25.7 Å². The maximum atomic E-state index is 12.2. The number of ether oxygens (including phenoxy) is 1. The maximum absolute atomic E-state index is 12.2. The average Bonchev–Trinajstić information content (AvgIpc) is 2.51. The van der Waals surface area contributed by atoms with Gasteiger partial charge in [-0.1, -0.05) is 42.0 Å². The molecule has 126 valence electrons. The first-order valence-corrected chi connectivity index (χ1v) is 8.40. The molecular formula is C20H28O3. The van der Waals surface area contributed by atoms with Gasteiger partial charge >= 0.3 is 5.97 Å². The number of hydrogen-bond acceptors (Lipinski definition) is 3. The van der Waals surface area contributed by atoms with Crippen molar-refractivity contribution in [2.75, 3.05) is 6.61 Å². The monoisotopic (exact) mass is 316 g/mol. The van der Waals surface area contributed by atoms with E-state index in [9.17, 15) is 9.90 Å². The molecule has 0 aromatic rings. The summed E-state index contributed by atoms with van der Waals surface area (Å²) < 4.78 is 5.40. The standard InChI is InChI=1S/C20H28O3/c1-14-7-5-8-15(2)18-13-23-19(21)17(16(18)11-10-14)9-6-12-20(3,4)22/h6-7,9,12,16,18,22H,2,5,8,10-11,13H2,1,3-4H3/b12-6+,14-7-,17-9-/t16-,18+/m1/s1. The number of cyclic esters (lactones) is 1. The van der Waals surface area contributed by atoms with Crippen LogP contribution in [0.3, 0.4) is 0 Å². The molecule has 0 saturated carbocycles. The zero-order chi connectivity index (χ0) is 17.0. The number of rotatable bonds is 2. The quantitative estimate of drug-likeness (QED) is 0.474. The minimum absolute atomic E-state index is 0.150. The lowest BCUT2D eigenvalue weighted by Crippen LogP contribution is -2.34. The van der Waals surface area contributed by atoms with Crippen molar-refractivity contribution in [3.8, 4) is 0 Å². The van der Waals surface area contributed by atoms with Crippen LogP contribution in [0.1, 0.15) is 46.5 Å². The van der Waals surface area contributed by atoms with Gasteiger partial charge in [0.25, 0.3) is 0 Å². The lowest BCUT2D eigenvalue weighted by molar-refractivity contribution is -0.144. The summed E-state index contributed by atoms with van der Waals surface area (Å²) in [5, 5.41) is 9.79.